The van der Waals surface area contributed by atoms with Crippen molar-refractivity contribution in [2.45, 2.75) is 59.2 Å². The first kappa shape index (κ1) is 20.7. The van der Waals surface area contributed by atoms with E-state index in [1.807, 2.05) is 30.5 Å². The number of nitrogens with one attached hydrogen (secondary N) is 1. The molecular weight excluding hydrogens is 330 g/mol. The van der Waals surface area contributed by atoms with Gasteiger partial charge in [0.15, 0.2) is 0 Å². The molecule has 7 heteroatoms. The molecule has 26 heavy (non-hydrogen) atoms. The van der Waals surface area contributed by atoms with Gasteiger partial charge in [-0.25, -0.2) is 4.79 Å². The Morgan fingerprint density at radius 2 is 2.00 bits per heavy atom. The number of urea groups is 1. The number of methoxy groups -OCH3 is 1. The van der Waals surface area contributed by atoms with Gasteiger partial charge in [0.25, 0.3) is 0 Å². The van der Waals surface area contributed by atoms with Gasteiger partial charge in [-0.15, -0.1) is 0 Å². The van der Waals surface area contributed by atoms with Crippen LogP contribution in [0.4, 0.5) is 4.79 Å². The Morgan fingerprint density at radius 3 is 2.50 bits per heavy atom. The molecule has 7 nitrogen and oxygen atoms in total. The molecule has 1 saturated heterocycles. The summed E-state index contributed by atoms with van der Waals surface area (Å²) in [5.74, 6) is 0. The molecule has 0 unspecified atom stereocenters. The molecule has 0 saturated carbocycles. The summed E-state index contributed by atoms with van der Waals surface area (Å²) < 4.78 is 7.08. The van der Waals surface area contributed by atoms with Gasteiger partial charge in [-0.3, -0.25) is 4.68 Å². The van der Waals surface area contributed by atoms with Crippen LogP contribution in [-0.2, 0) is 18.3 Å². The van der Waals surface area contributed by atoms with Crippen LogP contribution in [0.3, 0.4) is 0 Å². The van der Waals surface area contributed by atoms with Crippen LogP contribution >= 0.6 is 0 Å². The quantitative estimate of drug-likeness (QED) is 0.803. The van der Waals surface area contributed by atoms with Crippen LogP contribution in [0.5, 0.6) is 0 Å². The second-order valence-corrected chi connectivity index (χ2v) is 7.54. The predicted molar refractivity (Wildman–Crippen MR) is 103 cm³/mol. The number of hydrogen-bond donors (Lipinski definition) is 1. The Morgan fingerprint density at radius 1 is 1.35 bits per heavy atom. The number of piperidine rings is 1. The molecule has 0 aliphatic carbocycles. The lowest BCUT2D eigenvalue weighted by molar-refractivity contribution is 0.134. The highest BCUT2D eigenvalue weighted by atomic mass is 16.5. The van der Waals surface area contributed by atoms with Gasteiger partial charge < -0.3 is 19.9 Å². The monoisotopic (exact) mass is 365 g/mol. The summed E-state index contributed by atoms with van der Waals surface area (Å²) in [6, 6.07) is 0.813. The fraction of sp³-hybridized carbons (Fsp3) is 0.789. The van der Waals surface area contributed by atoms with E-state index in [0.29, 0.717) is 25.7 Å². The van der Waals surface area contributed by atoms with E-state index in [2.05, 4.69) is 29.2 Å². The van der Waals surface area contributed by atoms with Crippen molar-refractivity contribution in [1.82, 2.24) is 24.9 Å². The third kappa shape index (κ3) is 5.20. The van der Waals surface area contributed by atoms with Gasteiger partial charge in [0.1, 0.15) is 0 Å². The average molecular weight is 366 g/mol. The van der Waals surface area contributed by atoms with E-state index in [9.17, 15) is 4.79 Å². The molecule has 0 bridgehead atoms. The van der Waals surface area contributed by atoms with Crippen LogP contribution in [0, 0.1) is 13.8 Å². The van der Waals surface area contributed by atoms with Crippen LogP contribution in [0.25, 0.3) is 0 Å². The third-order valence-corrected chi connectivity index (χ3v) is 5.45. The largest absolute Gasteiger partial charge is 0.383 e. The van der Waals surface area contributed by atoms with Crippen molar-refractivity contribution in [3.63, 3.8) is 0 Å². The average Bonchev–Trinajstić information content (AvgIpc) is 2.84. The molecular formula is C19H35N5O2. The zero-order valence-corrected chi connectivity index (χ0v) is 17.2. The SMILES string of the molecule is COCCN(Cc1c(C)nn(C)c1C)C(=O)NC1CCN(C(C)C)CC1. The number of likely N-dealkylation sites (tertiary alicyclic amines) is 1. The Hall–Kier alpha value is -1.60. The van der Waals surface area contributed by atoms with E-state index in [-0.39, 0.29) is 12.1 Å². The van der Waals surface area contributed by atoms with Crippen LogP contribution < -0.4 is 5.32 Å². The first-order chi connectivity index (χ1) is 12.3. The van der Waals surface area contributed by atoms with Gasteiger partial charge in [-0.05, 0) is 40.5 Å². The van der Waals surface area contributed by atoms with Crippen molar-refractivity contribution < 1.29 is 9.53 Å². The van der Waals surface area contributed by atoms with Crippen molar-refractivity contribution in [1.29, 1.82) is 0 Å². The number of nitrogens with zero attached hydrogens (tertiary/aromatic N) is 4. The number of amides is 2. The molecule has 1 N–H and O–H groups in total. The third-order valence-electron chi connectivity index (χ3n) is 5.45. The summed E-state index contributed by atoms with van der Waals surface area (Å²) in [6.45, 7) is 12.2. The number of rotatable bonds is 7. The first-order valence-corrected chi connectivity index (χ1v) is 9.61. The maximum Gasteiger partial charge on any atom is 0.317 e. The highest BCUT2D eigenvalue weighted by molar-refractivity contribution is 5.74. The second kappa shape index (κ2) is 9.37. The molecule has 2 rings (SSSR count). The van der Waals surface area contributed by atoms with Gasteiger partial charge in [-0.1, -0.05) is 0 Å². The Bertz CT molecular complexity index is 591. The first-order valence-electron chi connectivity index (χ1n) is 9.61. The standard InChI is InChI=1S/C19H35N5O2/c1-14(2)23-9-7-17(8-10-23)20-19(25)24(11-12-26-6)13-18-15(3)21-22(5)16(18)4/h14,17H,7-13H2,1-6H3,(H,20,25). The van der Waals surface area contributed by atoms with Crippen LogP contribution in [-0.4, -0.2) is 71.0 Å². The minimum Gasteiger partial charge on any atom is -0.383 e. The number of carbonyl (C=O) groups is 1. The van der Waals surface area contributed by atoms with E-state index < -0.39 is 0 Å². The normalized spacial score (nSPS) is 16.3. The maximum absolute atomic E-state index is 12.9. The predicted octanol–water partition coefficient (Wildman–Crippen LogP) is 2.07. The minimum atomic E-state index is -0.00676. The second-order valence-electron chi connectivity index (χ2n) is 7.54. The van der Waals surface area contributed by atoms with Crippen molar-refractivity contribution >= 4 is 6.03 Å². The zero-order chi connectivity index (χ0) is 19.3. The van der Waals surface area contributed by atoms with Gasteiger partial charge in [-0.2, -0.15) is 5.10 Å². The highest BCUT2D eigenvalue weighted by Crippen LogP contribution is 2.16. The number of carbonyl (C=O) groups excluding carboxylic acids is 1. The zero-order valence-electron chi connectivity index (χ0n) is 17.2. The van der Waals surface area contributed by atoms with E-state index in [1.54, 1.807) is 7.11 Å². The van der Waals surface area contributed by atoms with E-state index >= 15 is 0 Å². The molecule has 1 fully saturated rings. The fourth-order valence-corrected chi connectivity index (χ4v) is 3.52. The lowest BCUT2D eigenvalue weighted by Gasteiger charge is -2.35. The number of ether oxygens (including phenoxy) is 1. The molecule has 1 aliphatic heterocycles. The van der Waals surface area contributed by atoms with Gasteiger partial charge >= 0.3 is 6.03 Å². The molecule has 1 aliphatic rings. The Balaban J connectivity index is 1.98. The van der Waals surface area contributed by atoms with Crippen LogP contribution in [0.15, 0.2) is 0 Å². The van der Waals surface area contributed by atoms with E-state index in [1.165, 1.54) is 0 Å². The molecule has 148 valence electrons. The summed E-state index contributed by atoms with van der Waals surface area (Å²) in [5, 5.41) is 7.70. The number of hydrogen-bond acceptors (Lipinski definition) is 4. The molecule has 0 atom stereocenters. The van der Waals surface area contributed by atoms with Crippen molar-refractivity contribution in [2.24, 2.45) is 7.05 Å². The van der Waals surface area contributed by atoms with Gasteiger partial charge in [0.05, 0.1) is 18.8 Å². The molecule has 0 radical (unpaired) electrons. The maximum atomic E-state index is 12.9. The number of aromatic nitrogens is 2. The topological polar surface area (TPSA) is 62.6 Å². The smallest absolute Gasteiger partial charge is 0.317 e. The van der Waals surface area contributed by atoms with Crippen LogP contribution in [0.1, 0.15) is 43.6 Å². The summed E-state index contributed by atoms with van der Waals surface area (Å²) in [4.78, 5) is 17.2. The van der Waals surface area contributed by atoms with E-state index in [4.69, 9.17) is 4.74 Å². The lowest BCUT2D eigenvalue weighted by atomic mass is 10.0. The summed E-state index contributed by atoms with van der Waals surface area (Å²) in [7, 11) is 3.60. The van der Waals surface area contributed by atoms with E-state index in [0.717, 1.165) is 42.9 Å². The molecule has 2 heterocycles. The number of aryl methyl sites for hydroxylation is 2. The Labute approximate surface area is 157 Å². The summed E-state index contributed by atoms with van der Waals surface area (Å²) in [5.41, 5.74) is 3.20. The van der Waals surface area contributed by atoms with Crippen molar-refractivity contribution in [3.05, 3.63) is 17.0 Å². The van der Waals surface area contributed by atoms with Gasteiger partial charge in [0.2, 0.25) is 0 Å². The molecule has 0 spiro atoms. The fourth-order valence-electron chi connectivity index (χ4n) is 3.52. The molecule has 1 aromatic rings. The minimum absolute atomic E-state index is 0.00676. The van der Waals surface area contributed by atoms with Crippen molar-refractivity contribution in [3.8, 4) is 0 Å². The lowest BCUT2D eigenvalue weighted by Crippen LogP contribution is -2.50. The molecule has 0 aromatic carbocycles. The van der Waals surface area contributed by atoms with Gasteiger partial charge in [0, 0.05) is 57.1 Å². The molecule has 2 amide bonds. The van der Waals surface area contributed by atoms with Crippen molar-refractivity contribution in [2.75, 3.05) is 33.4 Å². The molecule has 1 aromatic heterocycles. The van der Waals surface area contributed by atoms with Crippen LogP contribution in [0.2, 0.25) is 0 Å². The Kier molecular flexibility index (Phi) is 7.46. The summed E-state index contributed by atoms with van der Waals surface area (Å²) >= 11 is 0. The summed E-state index contributed by atoms with van der Waals surface area (Å²) in [6.07, 6.45) is 2.01. The highest BCUT2D eigenvalue weighted by Gasteiger charge is 2.25.